The van der Waals surface area contributed by atoms with E-state index in [0.717, 1.165) is 0 Å². The van der Waals surface area contributed by atoms with Gasteiger partial charge in [-0.2, -0.15) is 0 Å². The lowest BCUT2D eigenvalue weighted by atomic mass is 10.1. The number of hydrogen-bond acceptors (Lipinski definition) is 1. The van der Waals surface area contributed by atoms with Gasteiger partial charge in [0.05, 0.1) is 0 Å². The highest BCUT2D eigenvalue weighted by molar-refractivity contribution is 7.98. The topological polar surface area (TPSA) is 0 Å². The van der Waals surface area contributed by atoms with Crippen LogP contribution in [0.1, 0.15) is 18.9 Å². The summed E-state index contributed by atoms with van der Waals surface area (Å²) in [6.07, 6.45) is 4.55. The first-order valence-corrected chi connectivity index (χ1v) is 5.22. The molecule has 1 rings (SSSR count). The maximum absolute atomic E-state index is 2.27. The molecule has 0 saturated heterocycles. The smallest absolute Gasteiger partial charge is 0.00718 e. The molecule has 0 aliphatic heterocycles. The van der Waals surface area contributed by atoms with Crippen molar-refractivity contribution in [2.75, 3.05) is 6.26 Å². The zero-order chi connectivity index (χ0) is 8.10. The van der Waals surface area contributed by atoms with Crippen LogP contribution in [0, 0.1) is 0 Å². The summed E-state index contributed by atoms with van der Waals surface area (Å²) in [4.78, 5) is 1.37. The molecule has 0 aliphatic rings. The van der Waals surface area contributed by atoms with Gasteiger partial charge in [0.25, 0.3) is 0 Å². The van der Waals surface area contributed by atoms with Crippen molar-refractivity contribution in [3.05, 3.63) is 29.8 Å². The Kier molecular flexibility index (Phi) is 3.50. The highest BCUT2D eigenvalue weighted by Gasteiger charge is 1.92. The molecular formula is C10H14S. The predicted molar refractivity (Wildman–Crippen MR) is 52.2 cm³/mol. The fraction of sp³-hybridized carbons (Fsp3) is 0.400. The number of aryl methyl sites for hydroxylation is 1. The summed E-state index contributed by atoms with van der Waals surface area (Å²) in [6.45, 7) is 2.21. The Labute approximate surface area is 73.0 Å². The normalized spacial score (nSPS) is 10.0. The van der Waals surface area contributed by atoms with Crippen molar-refractivity contribution in [3.8, 4) is 0 Å². The Bertz CT molecular complexity index is 218. The predicted octanol–water partition coefficient (Wildman–Crippen LogP) is 3.36. The maximum Gasteiger partial charge on any atom is 0.00718 e. The minimum absolute atomic E-state index is 1.20. The van der Waals surface area contributed by atoms with Crippen LogP contribution in [0.15, 0.2) is 29.2 Å². The Morgan fingerprint density at radius 2 is 2.18 bits per heavy atom. The first-order valence-electron chi connectivity index (χ1n) is 3.99. The molecule has 0 bridgehead atoms. The van der Waals surface area contributed by atoms with Gasteiger partial charge >= 0.3 is 0 Å². The van der Waals surface area contributed by atoms with Gasteiger partial charge < -0.3 is 0 Å². The Hall–Kier alpha value is -0.430. The van der Waals surface area contributed by atoms with Crippen molar-refractivity contribution in [1.82, 2.24) is 0 Å². The van der Waals surface area contributed by atoms with E-state index >= 15 is 0 Å². The third kappa shape index (κ3) is 2.58. The summed E-state index contributed by atoms with van der Waals surface area (Å²) in [5.41, 5.74) is 1.46. The van der Waals surface area contributed by atoms with E-state index in [1.54, 1.807) is 0 Å². The molecule has 0 radical (unpaired) electrons. The molecule has 0 aliphatic carbocycles. The quantitative estimate of drug-likeness (QED) is 0.620. The monoisotopic (exact) mass is 166 g/mol. The fourth-order valence-electron chi connectivity index (χ4n) is 1.12. The summed E-state index contributed by atoms with van der Waals surface area (Å²) in [7, 11) is 0. The first-order chi connectivity index (χ1) is 5.36. The summed E-state index contributed by atoms with van der Waals surface area (Å²) in [5, 5.41) is 0. The van der Waals surface area contributed by atoms with Crippen molar-refractivity contribution in [2.45, 2.75) is 24.7 Å². The van der Waals surface area contributed by atoms with E-state index in [-0.39, 0.29) is 0 Å². The van der Waals surface area contributed by atoms with Crippen LogP contribution in [0.3, 0.4) is 0 Å². The fourth-order valence-corrected chi connectivity index (χ4v) is 1.60. The van der Waals surface area contributed by atoms with E-state index in [4.69, 9.17) is 0 Å². The second-order valence-electron chi connectivity index (χ2n) is 2.60. The van der Waals surface area contributed by atoms with E-state index in [2.05, 4.69) is 37.4 Å². The van der Waals surface area contributed by atoms with Crippen LogP contribution >= 0.6 is 11.8 Å². The molecule has 0 saturated carbocycles. The molecule has 11 heavy (non-hydrogen) atoms. The van der Waals surface area contributed by atoms with Gasteiger partial charge in [-0.1, -0.05) is 25.5 Å². The molecule has 1 aromatic rings. The van der Waals surface area contributed by atoms with Gasteiger partial charge in [0.2, 0.25) is 0 Å². The standard InChI is InChI=1S/C10H14S/c1-3-5-9-6-4-7-10(8-9)11-2/h4,6-8H,3,5H2,1-2H3. The van der Waals surface area contributed by atoms with Crippen molar-refractivity contribution in [1.29, 1.82) is 0 Å². The highest BCUT2D eigenvalue weighted by atomic mass is 32.2. The lowest BCUT2D eigenvalue weighted by Gasteiger charge is -2.00. The van der Waals surface area contributed by atoms with Gasteiger partial charge in [0.15, 0.2) is 0 Å². The molecule has 0 unspecified atom stereocenters. The maximum atomic E-state index is 2.27. The Morgan fingerprint density at radius 1 is 1.36 bits per heavy atom. The zero-order valence-corrected chi connectivity index (χ0v) is 7.95. The number of hydrogen-bond donors (Lipinski definition) is 0. The third-order valence-corrected chi connectivity index (χ3v) is 2.40. The van der Waals surface area contributed by atoms with Crippen LogP contribution in [0.2, 0.25) is 0 Å². The Morgan fingerprint density at radius 3 is 2.82 bits per heavy atom. The second-order valence-corrected chi connectivity index (χ2v) is 3.48. The zero-order valence-electron chi connectivity index (χ0n) is 7.13. The van der Waals surface area contributed by atoms with Crippen LogP contribution < -0.4 is 0 Å². The summed E-state index contributed by atoms with van der Waals surface area (Å²) in [5.74, 6) is 0. The molecule has 0 N–H and O–H groups in total. The average molecular weight is 166 g/mol. The molecular weight excluding hydrogens is 152 g/mol. The molecule has 0 nitrogen and oxygen atoms in total. The van der Waals surface area contributed by atoms with Gasteiger partial charge in [-0.05, 0) is 30.4 Å². The third-order valence-electron chi connectivity index (χ3n) is 1.67. The van der Waals surface area contributed by atoms with E-state index < -0.39 is 0 Å². The molecule has 60 valence electrons. The molecule has 1 heteroatoms. The van der Waals surface area contributed by atoms with Crippen LogP contribution in [0.5, 0.6) is 0 Å². The minimum atomic E-state index is 1.20. The Balaban J connectivity index is 2.74. The molecule has 0 aromatic heterocycles. The lowest BCUT2D eigenvalue weighted by molar-refractivity contribution is 0.918. The number of benzene rings is 1. The van der Waals surface area contributed by atoms with E-state index in [9.17, 15) is 0 Å². The van der Waals surface area contributed by atoms with Crippen molar-refractivity contribution >= 4 is 11.8 Å². The number of rotatable bonds is 3. The van der Waals surface area contributed by atoms with Crippen molar-refractivity contribution in [3.63, 3.8) is 0 Å². The molecule has 0 atom stereocenters. The van der Waals surface area contributed by atoms with Crippen molar-refractivity contribution < 1.29 is 0 Å². The lowest BCUT2D eigenvalue weighted by Crippen LogP contribution is -1.81. The summed E-state index contributed by atoms with van der Waals surface area (Å²) in [6, 6.07) is 8.76. The van der Waals surface area contributed by atoms with E-state index in [0.29, 0.717) is 0 Å². The van der Waals surface area contributed by atoms with Crippen LogP contribution in [0.25, 0.3) is 0 Å². The highest BCUT2D eigenvalue weighted by Crippen LogP contribution is 2.16. The van der Waals surface area contributed by atoms with E-state index in [1.165, 1.54) is 23.3 Å². The van der Waals surface area contributed by atoms with Gasteiger partial charge in [-0.15, -0.1) is 11.8 Å². The van der Waals surface area contributed by atoms with Gasteiger partial charge in [0, 0.05) is 4.90 Å². The molecule has 0 fully saturated rings. The van der Waals surface area contributed by atoms with Gasteiger partial charge in [0.1, 0.15) is 0 Å². The van der Waals surface area contributed by atoms with Crippen LogP contribution in [-0.4, -0.2) is 6.26 Å². The van der Waals surface area contributed by atoms with Crippen LogP contribution in [0.4, 0.5) is 0 Å². The van der Waals surface area contributed by atoms with Crippen molar-refractivity contribution in [2.24, 2.45) is 0 Å². The molecule has 0 amide bonds. The van der Waals surface area contributed by atoms with Gasteiger partial charge in [-0.3, -0.25) is 0 Å². The first kappa shape index (κ1) is 8.66. The van der Waals surface area contributed by atoms with E-state index in [1.807, 2.05) is 11.8 Å². The SMILES string of the molecule is CCCc1cccc(SC)c1. The summed E-state index contributed by atoms with van der Waals surface area (Å²) < 4.78 is 0. The second kappa shape index (κ2) is 4.45. The molecule has 1 aromatic carbocycles. The average Bonchev–Trinajstić information content (AvgIpc) is 2.06. The van der Waals surface area contributed by atoms with Crippen LogP contribution in [-0.2, 0) is 6.42 Å². The minimum Gasteiger partial charge on any atom is -0.130 e. The van der Waals surface area contributed by atoms with Gasteiger partial charge in [-0.25, -0.2) is 0 Å². The number of thioether (sulfide) groups is 1. The molecule has 0 heterocycles. The molecule has 0 spiro atoms. The summed E-state index contributed by atoms with van der Waals surface area (Å²) >= 11 is 1.81. The largest absolute Gasteiger partial charge is 0.130 e.